The number of thioether (sulfide) groups is 1. The Morgan fingerprint density at radius 1 is 1.67 bits per heavy atom. The van der Waals surface area contributed by atoms with Crippen molar-refractivity contribution in [2.75, 3.05) is 5.75 Å². The predicted molar refractivity (Wildman–Crippen MR) is 47.1 cm³/mol. The molecule has 0 amide bonds. The van der Waals surface area contributed by atoms with E-state index in [2.05, 4.69) is 0 Å². The van der Waals surface area contributed by atoms with Crippen LogP contribution < -0.4 is 0 Å². The highest BCUT2D eigenvalue weighted by Crippen LogP contribution is 2.27. The Morgan fingerprint density at radius 2 is 2.42 bits per heavy atom. The summed E-state index contributed by atoms with van der Waals surface area (Å²) < 4.78 is 0. The van der Waals surface area contributed by atoms with E-state index < -0.39 is 5.97 Å². The second-order valence-electron chi connectivity index (χ2n) is 2.94. The smallest absolute Gasteiger partial charge is 0.303 e. The van der Waals surface area contributed by atoms with Gasteiger partial charge in [0.2, 0.25) is 0 Å². The Morgan fingerprint density at radius 3 is 3.00 bits per heavy atom. The fourth-order valence-electron chi connectivity index (χ4n) is 1.30. The average molecular weight is 188 g/mol. The summed E-state index contributed by atoms with van der Waals surface area (Å²) in [5.41, 5.74) is 0. The Kier molecular flexibility index (Phi) is 3.59. The highest BCUT2D eigenvalue weighted by molar-refractivity contribution is 8.13. The first-order valence-corrected chi connectivity index (χ1v) is 5.07. The molecule has 0 saturated carbocycles. The first kappa shape index (κ1) is 9.58. The van der Waals surface area contributed by atoms with Crippen molar-refractivity contribution in [3.8, 4) is 0 Å². The zero-order valence-corrected chi connectivity index (χ0v) is 7.60. The summed E-state index contributed by atoms with van der Waals surface area (Å²) >= 11 is 1.35. The summed E-state index contributed by atoms with van der Waals surface area (Å²) in [6.07, 6.45) is 2.55. The fourth-order valence-corrected chi connectivity index (χ4v) is 2.28. The van der Waals surface area contributed by atoms with Crippen LogP contribution in [0.5, 0.6) is 0 Å². The molecule has 0 spiro atoms. The van der Waals surface area contributed by atoms with Crippen molar-refractivity contribution in [3.05, 3.63) is 0 Å². The van der Waals surface area contributed by atoms with E-state index in [1.54, 1.807) is 0 Å². The van der Waals surface area contributed by atoms with Gasteiger partial charge in [-0.2, -0.15) is 0 Å². The van der Waals surface area contributed by atoms with Gasteiger partial charge in [-0.1, -0.05) is 11.8 Å². The molecule has 0 aromatic carbocycles. The molecule has 1 aliphatic rings. The van der Waals surface area contributed by atoms with Gasteiger partial charge in [-0.3, -0.25) is 9.59 Å². The molecule has 1 saturated heterocycles. The highest BCUT2D eigenvalue weighted by atomic mass is 32.2. The van der Waals surface area contributed by atoms with Gasteiger partial charge in [0.15, 0.2) is 5.12 Å². The third kappa shape index (κ3) is 2.85. The van der Waals surface area contributed by atoms with Crippen LogP contribution in [0.1, 0.15) is 25.7 Å². The Hall–Kier alpha value is -0.510. The minimum atomic E-state index is -0.807. The van der Waals surface area contributed by atoms with Gasteiger partial charge in [0, 0.05) is 18.1 Å². The topological polar surface area (TPSA) is 54.4 Å². The number of carbonyl (C=O) groups is 2. The van der Waals surface area contributed by atoms with Gasteiger partial charge in [-0.05, 0) is 19.3 Å². The molecule has 3 nitrogen and oxygen atoms in total. The lowest BCUT2D eigenvalue weighted by Gasteiger charge is -2.18. The standard InChI is InChI=1S/C8H12O3S/c9-7(10)4-3-6-2-1-5-12-8(6)11/h6H,1-5H2,(H,9,10)/t6-/m1/s1. The van der Waals surface area contributed by atoms with Crippen molar-refractivity contribution in [2.45, 2.75) is 25.7 Å². The Labute approximate surface area is 75.5 Å². The maximum absolute atomic E-state index is 11.2. The highest BCUT2D eigenvalue weighted by Gasteiger charge is 2.23. The second kappa shape index (κ2) is 4.50. The van der Waals surface area contributed by atoms with Gasteiger partial charge >= 0.3 is 5.97 Å². The monoisotopic (exact) mass is 188 g/mol. The number of carbonyl (C=O) groups excluding carboxylic acids is 1. The summed E-state index contributed by atoms with van der Waals surface area (Å²) in [5.74, 6) is 0.0980. The molecule has 0 aromatic heterocycles. The van der Waals surface area contributed by atoms with Crippen LogP contribution in [0.2, 0.25) is 0 Å². The largest absolute Gasteiger partial charge is 0.481 e. The van der Waals surface area contributed by atoms with Crippen LogP contribution in [0, 0.1) is 5.92 Å². The summed E-state index contributed by atoms with van der Waals surface area (Å²) in [5, 5.41) is 8.60. The third-order valence-electron chi connectivity index (χ3n) is 1.98. The van der Waals surface area contributed by atoms with Crippen LogP contribution in [-0.4, -0.2) is 21.9 Å². The van der Waals surface area contributed by atoms with E-state index in [0.717, 1.165) is 18.6 Å². The van der Waals surface area contributed by atoms with Crippen LogP contribution >= 0.6 is 11.8 Å². The maximum Gasteiger partial charge on any atom is 0.303 e. The van der Waals surface area contributed by atoms with Gasteiger partial charge in [0.25, 0.3) is 0 Å². The van der Waals surface area contributed by atoms with Gasteiger partial charge in [0.05, 0.1) is 0 Å². The number of hydrogen-bond acceptors (Lipinski definition) is 3. The molecule has 68 valence electrons. The minimum Gasteiger partial charge on any atom is -0.481 e. The molecule has 12 heavy (non-hydrogen) atoms. The molecule has 4 heteroatoms. The molecular formula is C8H12O3S. The van der Waals surface area contributed by atoms with Gasteiger partial charge in [-0.15, -0.1) is 0 Å². The Balaban J connectivity index is 2.29. The summed E-state index contributed by atoms with van der Waals surface area (Å²) in [7, 11) is 0. The third-order valence-corrected chi connectivity index (χ3v) is 3.09. The van der Waals surface area contributed by atoms with E-state index in [0.29, 0.717) is 6.42 Å². The SMILES string of the molecule is O=C(O)CC[C@H]1CCCSC1=O. The molecule has 1 fully saturated rings. The van der Waals surface area contributed by atoms with E-state index in [1.807, 2.05) is 0 Å². The molecule has 0 aromatic rings. The normalized spacial score (nSPS) is 24.0. The van der Waals surface area contributed by atoms with E-state index in [9.17, 15) is 9.59 Å². The number of carboxylic acid groups (broad SMARTS) is 1. The summed E-state index contributed by atoms with van der Waals surface area (Å²) in [6.45, 7) is 0. The lowest BCUT2D eigenvalue weighted by molar-refractivity contribution is -0.137. The minimum absolute atomic E-state index is 0.000139. The predicted octanol–water partition coefficient (Wildman–Crippen LogP) is 1.52. The first-order chi connectivity index (χ1) is 5.70. The van der Waals surface area contributed by atoms with E-state index in [1.165, 1.54) is 11.8 Å². The van der Waals surface area contributed by atoms with E-state index in [4.69, 9.17) is 5.11 Å². The van der Waals surface area contributed by atoms with Gasteiger partial charge in [0.1, 0.15) is 0 Å². The zero-order valence-electron chi connectivity index (χ0n) is 6.78. The van der Waals surface area contributed by atoms with Crippen LogP contribution in [-0.2, 0) is 9.59 Å². The fraction of sp³-hybridized carbons (Fsp3) is 0.750. The first-order valence-electron chi connectivity index (χ1n) is 4.08. The molecule has 1 atom stereocenters. The van der Waals surface area contributed by atoms with Crippen LogP contribution in [0.15, 0.2) is 0 Å². The van der Waals surface area contributed by atoms with Crippen molar-refractivity contribution >= 4 is 22.8 Å². The molecule has 0 bridgehead atoms. The lowest BCUT2D eigenvalue weighted by Crippen LogP contribution is -2.17. The zero-order chi connectivity index (χ0) is 8.97. The number of carboxylic acids is 1. The van der Waals surface area contributed by atoms with Crippen molar-refractivity contribution in [1.82, 2.24) is 0 Å². The average Bonchev–Trinajstić information content (AvgIpc) is 2.03. The molecular weight excluding hydrogens is 176 g/mol. The number of hydrogen-bond donors (Lipinski definition) is 1. The second-order valence-corrected chi connectivity index (χ2v) is 4.04. The quantitative estimate of drug-likeness (QED) is 0.729. The number of aliphatic carboxylic acids is 1. The summed E-state index contributed by atoms with van der Waals surface area (Å²) in [6, 6.07) is 0. The van der Waals surface area contributed by atoms with Gasteiger partial charge in [-0.25, -0.2) is 0 Å². The molecule has 0 unspecified atom stereocenters. The van der Waals surface area contributed by atoms with Crippen molar-refractivity contribution in [2.24, 2.45) is 5.92 Å². The van der Waals surface area contributed by atoms with Crippen molar-refractivity contribution in [1.29, 1.82) is 0 Å². The maximum atomic E-state index is 11.2. The molecule has 1 N–H and O–H groups in total. The molecule has 1 aliphatic heterocycles. The molecule has 0 aliphatic carbocycles. The van der Waals surface area contributed by atoms with Crippen LogP contribution in [0.4, 0.5) is 0 Å². The van der Waals surface area contributed by atoms with Crippen LogP contribution in [0.3, 0.4) is 0 Å². The molecule has 1 rings (SSSR count). The molecule has 1 heterocycles. The lowest BCUT2D eigenvalue weighted by atomic mass is 9.99. The number of rotatable bonds is 3. The van der Waals surface area contributed by atoms with Crippen LogP contribution in [0.25, 0.3) is 0 Å². The van der Waals surface area contributed by atoms with Crippen molar-refractivity contribution < 1.29 is 14.7 Å². The van der Waals surface area contributed by atoms with E-state index in [-0.39, 0.29) is 17.5 Å². The van der Waals surface area contributed by atoms with Crippen molar-refractivity contribution in [3.63, 3.8) is 0 Å². The Bertz CT molecular complexity index is 191. The van der Waals surface area contributed by atoms with E-state index >= 15 is 0 Å². The molecule has 0 radical (unpaired) electrons. The van der Waals surface area contributed by atoms with Gasteiger partial charge < -0.3 is 5.11 Å². The summed E-state index contributed by atoms with van der Waals surface area (Å²) in [4.78, 5) is 21.4.